The summed E-state index contributed by atoms with van der Waals surface area (Å²) >= 11 is 0. The first-order valence-electron chi connectivity index (χ1n) is 17.7. The van der Waals surface area contributed by atoms with E-state index in [0.717, 1.165) is 19.3 Å². The van der Waals surface area contributed by atoms with Gasteiger partial charge < -0.3 is 24.8 Å². The van der Waals surface area contributed by atoms with Crippen molar-refractivity contribution in [3.63, 3.8) is 0 Å². The molecule has 1 heterocycles. The van der Waals surface area contributed by atoms with E-state index in [1.165, 1.54) is 141 Å². The first kappa shape index (κ1) is 37.8. The molecule has 1 aliphatic rings. The van der Waals surface area contributed by atoms with Gasteiger partial charge in [-0.2, -0.15) is 0 Å². The molecule has 1 rings (SSSR count). The Kier molecular flexibility index (Phi) is 25.0. The van der Waals surface area contributed by atoms with Crippen LogP contribution < -0.4 is 0 Å². The van der Waals surface area contributed by atoms with Gasteiger partial charge in [0.15, 0.2) is 6.29 Å². The molecule has 5 nitrogen and oxygen atoms in total. The van der Waals surface area contributed by atoms with Gasteiger partial charge in [0.05, 0.1) is 24.4 Å². The molecule has 0 spiro atoms. The Morgan fingerprint density at radius 3 is 1.23 bits per heavy atom. The summed E-state index contributed by atoms with van der Waals surface area (Å²) in [6.07, 6.45) is 31.6. The van der Waals surface area contributed by atoms with Crippen molar-refractivity contribution in [3.8, 4) is 0 Å². The van der Waals surface area contributed by atoms with E-state index in [1.807, 2.05) is 13.8 Å². The lowest BCUT2D eigenvalue weighted by Gasteiger charge is -2.36. The van der Waals surface area contributed by atoms with E-state index >= 15 is 0 Å². The molecule has 6 unspecified atom stereocenters. The molecule has 0 radical (unpaired) electrons. The second-order valence-electron chi connectivity index (χ2n) is 13.1. The molecular formula is C35H70O5. The maximum atomic E-state index is 10.1. The largest absolute Gasteiger partial charge is 0.393 e. The second kappa shape index (κ2) is 26.4. The highest BCUT2D eigenvalue weighted by Crippen LogP contribution is 2.23. The molecule has 0 aromatic carbocycles. The second-order valence-corrected chi connectivity index (χ2v) is 13.1. The zero-order valence-electron chi connectivity index (χ0n) is 27.0. The highest BCUT2D eigenvalue weighted by Gasteiger charge is 2.35. The van der Waals surface area contributed by atoms with Gasteiger partial charge in [-0.3, -0.25) is 0 Å². The lowest BCUT2D eigenvalue weighted by atomic mass is 10.0. The molecule has 6 atom stereocenters. The fourth-order valence-corrected chi connectivity index (χ4v) is 5.95. The molecule has 0 aliphatic carbocycles. The minimum absolute atomic E-state index is 0.0745. The summed E-state index contributed by atoms with van der Waals surface area (Å²) in [5.74, 6) is 0. The van der Waals surface area contributed by atoms with E-state index in [9.17, 15) is 15.3 Å². The smallest absolute Gasteiger partial charge is 0.184 e. The maximum absolute atomic E-state index is 10.1. The van der Waals surface area contributed by atoms with Gasteiger partial charge in [-0.15, -0.1) is 0 Å². The molecule has 0 saturated carbocycles. The number of unbranched alkanes of at least 4 members (excludes halogenated alkanes) is 22. The number of hydrogen-bond donors (Lipinski definition) is 3. The number of hydrogen-bond acceptors (Lipinski definition) is 5. The van der Waals surface area contributed by atoms with Crippen LogP contribution in [0.2, 0.25) is 0 Å². The monoisotopic (exact) mass is 571 g/mol. The van der Waals surface area contributed by atoms with Crippen LogP contribution in [0.1, 0.15) is 188 Å². The third-order valence-electron chi connectivity index (χ3n) is 8.79. The molecule has 0 aromatic heterocycles. The molecule has 1 aliphatic heterocycles. The molecular weight excluding hydrogens is 500 g/mol. The Bertz CT molecular complexity index is 528. The molecule has 0 bridgehead atoms. The van der Waals surface area contributed by atoms with E-state index in [2.05, 4.69) is 6.92 Å². The first-order chi connectivity index (χ1) is 19.4. The van der Waals surface area contributed by atoms with Crippen LogP contribution in [0, 0.1) is 0 Å². The summed E-state index contributed by atoms with van der Waals surface area (Å²) in [4.78, 5) is 0. The van der Waals surface area contributed by atoms with Crippen molar-refractivity contribution < 1.29 is 24.8 Å². The number of ether oxygens (including phenoxy) is 2. The lowest BCUT2D eigenvalue weighted by Crippen LogP contribution is -2.48. The normalized spacial score (nSPS) is 22.9. The molecule has 0 amide bonds. The fourth-order valence-electron chi connectivity index (χ4n) is 5.95. The van der Waals surface area contributed by atoms with Gasteiger partial charge in [0.25, 0.3) is 0 Å². The predicted molar refractivity (Wildman–Crippen MR) is 169 cm³/mol. The molecule has 0 aromatic rings. The van der Waals surface area contributed by atoms with Gasteiger partial charge in [0.1, 0.15) is 6.10 Å². The van der Waals surface area contributed by atoms with Crippen LogP contribution in [0.15, 0.2) is 0 Å². The standard InChI is InChI=1S/C35H70O5/c1-30(36)27-25-23-21-19-17-15-13-11-9-7-5-4-6-8-10-12-14-16-18-20-22-24-26-28-31(2)39-35-34(38)29-33(37)32(3)40-35/h30-38H,4-29H2,1-3H3. The van der Waals surface area contributed by atoms with E-state index in [0.29, 0.717) is 6.42 Å². The highest BCUT2D eigenvalue weighted by molar-refractivity contribution is 4.78. The van der Waals surface area contributed by atoms with Crippen molar-refractivity contribution in [3.05, 3.63) is 0 Å². The fraction of sp³-hybridized carbons (Fsp3) is 1.00. The average molecular weight is 571 g/mol. The van der Waals surface area contributed by atoms with Crippen molar-refractivity contribution in [1.29, 1.82) is 0 Å². The highest BCUT2D eigenvalue weighted by atomic mass is 16.7. The Hall–Kier alpha value is -0.200. The first-order valence-corrected chi connectivity index (χ1v) is 17.7. The third-order valence-corrected chi connectivity index (χ3v) is 8.79. The van der Waals surface area contributed by atoms with Gasteiger partial charge in [-0.1, -0.05) is 148 Å². The van der Waals surface area contributed by atoms with Crippen molar-refractivity contribution >= 4 is 0 Å². The average Bonchev–Trinajstić information content (AvgIpc) is 2.91. The van der Waals surface area contributed by atoms with Crippen LogP contribution in [0.3, 0.4) is 0 Å². The molecule has 5 heteroatoms. The minimum atomic E-state index is -0.738. The van der Waals surface area contributed by atoms with Crippen molar-refractivity contribution in [2.24, 2.45) is 0 Å². The van der Waals surface area contributed by atoms with Gasteiger partial charge in [-0.25, -0.2) is 0 Å². The van der Waals surface area contributed by atoms with Crippen LogP contribution in [0.5, 0.6) is 0 Å². The van der Waals surface area contributed by atoms with Gasteiger partial charge in [-0.05, 0) is 33.6 Å². The molecule has 240 valence electrons. The van der Waals surface area contributed by atoms with Crippen LogP contribution in [0.25, 0.3) is 0 Å². The molecule has 40 heavy (non-hydrogen) atoms. The summed E-state index contributed by atoms with van der Waals surface area (Å²) in [5.41, 5.74) is 0. The van der Waals surface area contributed by atoms with Gasteiger partial charge in [0.2, 0.25) is 0 Å². The SMILES string of the molecule is CC(O)CCCCCCCCCCCCCCCCCCCCCCCCCC(C)OC1OC(C)C(O)CC1O. The lowest BCUT2D eigenvalue weighted by molar-refractivity contribution is -0.273. The summed E-state index contributed by atoms with van der Waals surface area (Å²) < 4.78 is 11.5. The summed E-state index contributed by atoms with van der Waals surface area (Å²) in [6.45, 7) is 5.78. The Balaban J connectivity index is 1.72. The number of aliphatic hydroxyl groups is 3. The Morgan fingerprint density at radius 1 is 0.550 bits per heavy atom. The van der Waals surface area contributed by atoms with Gasteiger partial charge in [0, 0.05) is 6.42 Å². The third kappa shape index (κ3) is 22.4. The molecule has 1 fully saturated rings. The van der Waals surface area contributed by atoms with E-state index in [-0.39, 0.29) is 18.3 Å². The minimum Gasteiger partial charge on any atom is -0.393 e. The van der Waals surface area contributed by atoms with Crippen LogP contribution >= 0.6 is 0 Å². The van der Waals surface area contributed by atoms with Crippen LogP contribution in [0.4, 0.5) is 0 Å². The van der Waals surface area contributed by atoms with Crippen LogP contribution in [-0.2, 0) is 9.47 Å². The van der Waals surface area contributed by atoms with E-state index in [1.54, 1.807) is 0 Å². The summed E-state index contributed by atoms with van der Waals surface area (Å²) in [7, 11) is 0. The maximum Gasteiger partial charge on any atom is 0.184 e. The predicted octanol–water partition coefficient (Wildman–Crippen LogP) is 9.38. The number of rotatable bonds is 28. The van der Waals surface area contributed by atoms with Crippen molar-refractivity contribution in [2.75, 3.05) is 0 Å². The van der Waals surface area contributed by atoms with E-state index in [4.69, 9.17) is 9.47 Å². The summed E-state index contributed by atoms with van der Waals surface area (Å²) in [6, 6.07) is 0. The van der Waals surface area contributed by atoms with Crippen molar-refractivity contribution in [1.82, 2.24) is 0 Å². The summed E-state index contributed by atoms with van der Waals surface area (Å²) in [5, 5.41) is 29.1. The quantitative estimate of drug-likeness (QED) is 0.0817. The zero-order valence-corrected chi connectivity index (χ0v) is 27.0. The Morgan fingerprint density at radius 2 is 0.875 bits per heavy atom. The topological polar surface area (TPSA) is 79.2 Å². The number of aliphatic hydroxyl groups excluding tert-OH is 3. The van der Waals surface area contributed by atoms with Crippen LogP contribution in [-0.4, -0.2) is 52.1 Å². The van der Waals surface area contributed by atoms with E-state index < -0.39 is 18.5 Å². The van der Waals surface area contributed by atoms with Crippen molar-refractivity contribution in [2.45, 2.75) is 225 Å². The Labute approximate surface area is 249 Å². The molecule has 3 N–H and O–H groups in total. The zero-order chi connectivity index (χ0) is 29.3. The molecule has 1 saturated heterocycles. The van der Waals surface area contributed by atoms with Gasteiger partial charge >= 0.3 is 0 Å².